The molecule has 8 heteroatoms. The quantitative estimate of drug-likeness (QED) is 0.597. The summed E-state index contributed by atoms with van der Waals surface area (Å²) >= 11 is 1.21. The molecule has 0 fully saturated rings. The van der Waals surface area contributed by atoms with Crippen LogP contribution in [-0.2, 0) is 19.0 Å². The summed E-state index contributed by atoms with van der Waals surface area (Å²) in [6.45, 7) is 0. The van der Waals surface area contributed by atoms with E-state index in [2.05, 4.69) is 10.2 Å². The molecule has 0 saturated carbocycles. The molecule has 0 N–H and O–H groups in total. The topological polar surface area (TPSA) is 39.9 Å². The maximum atomic E-state index is 13.1. The van der Waals surface area contributed by atoms with Gasteiger partial charge in [0.2, 0.25) is 0 Å². The Morgan fingerprint density at radius 3 is 2.46 bits per heavy atom. The molecule has 0 atom stereocenters. The number of ether oxygens (including phenoxy) is 1. The monoisotopic (exact) mass is 379 g/mol. The molecule has 0 amide bonds. The van der Waals surface area contributed by atoms with Crippen LogP contribution in [0.3, 0.4) is 0 Å². The Kier molecular flexibility index (Phi) is 5.22. The molecule has 0 aliphatic carbocycles. The Morgan fingerprint density at radius 2 is 1.73 bits per heavy atom. The second-order valence-electron chi connectivity index (χ2n) is 5.51. The maximum Gasteiger partial charge on any atom is 0.416 e. The first-order valence-corrected chi connectivity index (χ1v) is 8.71. The highest BCUT2D eigenvalue weighted by atomic mass is 32.2. The van der Waals surface area contributed by atoms with Crippen molar-refractivity contribution in [1.82, 2.24) is 14.8 Å². The number of thioether (sulfide) groups is 1. The van der Waals surface area contributed by atoms with Gasteiger partial charge in [-0.05, 0) is 23.8 Å². The molecule has 0 radical (unpaired) electrons. The number of nitrogens with zero attached hydrogens (tertiary/aromatic N) is 3. The van der Waals surface area contributed by atoms with Gasteiger partial charge in [0.25, 0.3) is 0 Å². The van der Waals surface area contributed by atoms with Crippen LogP contribution in [0.25, 0.3) is 11.4 Å². The lowest BCUT2D eigenvalue weighted by molar-refractivity contribution is -0.138. The molecule has 4 nitrogen and oxygen atoms in total. The van der Waals surface area contributed by atoms with E-state index >= 15 is 0 Å². The second kappa shape index (κ2) is 7.41. The summed E-state index contributed by atoms with van der Waals surface area (Å²) in [5.41, 5.74) is 0.360. The number of para-hydroxylation sites is 1. The lowest BCUT2D eigenvalue weighted by atomic mass is 10.1. The van der Waals surface area contributed by atoms with Gasteiger partial charge in [0.15, 0.2) is 11.0 Å². The second-order valence-corrected chi connectivity index (χ2v) is 6.45. The number of alkyl halides is 3. The third-order valence-corrected chi connectivity index (χ3v) is 4.93. The van der Waals surface area contributed by atoms with Crippen LogP contribution < -0.4 is 4.74 Å². The van der Waals surface area contributed by atoms with E-state index in [1.54, 1.807) is 24.8 Å². The molecule has 136 valence electrons. The molecule has 1 heterocycles. The van der Waals surface area contributed by atoms with E-state index in [9.17, 15) is 13.2 Å². The average molecular weight is 379 g/mol. The van der Waals surface area contributed by atoms with Crippen LogP contribution >= 0.6 is 11.8 Å². The molecular formula is C18H16F3N3OS. The molecule has 0 saturated heterocycles. The van der Waals surface area contributed by atoms with Gasteiger partial charge in [0, 0.05) is 12.8 Å². The standard InChI is InChI=1S/C18H16F3N3OS/c1-24-16(13-8-4-6-10-15(13)25-2)22-23-17(24)26-11-12-7-3-5-9-14(12)18(19,20)21/h3-10H,11H2,1-2H3. The van der Waals surface area contributed by atoms with Crippen molar-refractivity contribution in [2.24, 2.45) is 7.05 Å². The Bertz CT molecular complexity index is 909. The third kappa shape index (κ3) is 3.70. The van der Waals surface area contributed by atoms with Gasteiger partial charge in [0.1, 0.15) is 5.75 Å². The number of benzene rings is 2. The maximum absolute atomic E-state index is 13.1. The van der Waals surface area contributed by atoms with Crippen molar-refractivity contribution < 1.29 is 17.9 Å². The molecule has 0 unspecified atom stereocenters. The predicted molar refractivity (Wildman–Crippen MR) is 94.0 cm³/mol. The number of hydrogen-bond donors (Lipinski definition) is 0. The Balaban J connectivity index is 1.85. The minimum Gasteiger partial charge on any atom is -0.496 e. The fourth-order valence-electron chi connectivity index (χ4n) is 2.57. The molecule has 3 aromatic rings. The van der Waals surface area contributed by atoms with E-state index in [1.807, 2.05) is 24.3 Å². The van der Waals surface area contributed by atoms with Crippen LogP contribution in [0.1, 0.15) is 11.1 Å². The highest BCUT2D eigenvalue weighted by Gasteiger charge is 2.32. The highest BCUT2D eigenvalue weighted by molar-refractivity contribution is 7.98. The van der Waals surface area contributed by atoms with E-state index in [4.69, 9.17) is 4.74 Å². The number of halogens is 3. The summed E-state index contributed by atoms with van der Waals surface area (Å²) in [7, 11) is 3.35. The molecule has 0 spiro atoms. The van der Waals surface area contributed by atoms with Crippen LogP contribution in [0.5, 0.6) is 5.75 Å². The number of aromatic nitrogens is 3. The van der Waals surface area contributed by atoms with E-state index in [-0.39, 0.29) is 11.3 Å². The molecule has 1 aromatic heterocycles. The SMILES string of the molecule is COc1ccccc1-c1nnc(SCc2ccccc2C(F)(F)F)n1C. The first kappa shape index (κ1) is 18.3. The summed E-state index contributed by atoms with van der Waals surface area (Å²) in [5.74, 6) is 1.39. The van der Waals surface area contributed by atoms with Gasteiger partial charge in [-0.25, -0.2) is 0 Å². The number of hydrogen-bond acceptors (Lipinski definition) is 4. The first-order chi connectivity index (χ1) is 12.4. The Hall–Kier alpha value is -2.48. The van der Waals surface area contributed by atoms with Gasteiger partial charge in [-0.2, -0.15) is 13.2 Å². The van der Waals surface area contributed by atoms with Crippen LogP contribution in [-0.4, -0.2) is 21.9 Å². The highest BCUT2D eigenvalue weighted by Crippen LogP contribution is 2.35. The van der Waals surface area contributed by atoms with Gasteiger partial charge >= 0.3 is 6.18 Å². The molecule has 0 aliphatic heterocycles. The molecule has 2 aromatic carbocycles. The van der Waals surface area contributed by atoms with Crippen molar-refractivity contribution in [1.29, 1.82) is 0 Å². The van der Waals surface area contributed by atoms with E-state index in [1.165, 1.54) is 23.9 Å². The Morgan fingerprint density at radius 1 is 1.04 bits per heavy atom. The summed E-state index contributed by atoms with van der Waals surface area (Å²) in [6.07, 6.45) is -4.38. The molecule has 3 rings (SSSR count). The summed E-state index contributed by atoms with van der Waals surface area (Å²) in [6, 6.07) is 12.9. The van der Waals surface area contributed by atoms with Gasteiger partial charge in [-0.15, -0.1) is 10.2 Å². The van der Waals surface area contributed by atoms with Crippen LogP contribution in [0.2, 0.25) is 0 Å². The van der Waals surface area contributed by atoms with Crippen LogP contribution in [0.15, 0.2) is 53.7 Å². The van der Waals surface area contributed by atoms with Crippen molar-refractivity contribution in [3.05, 3.63) is 59.7 Å². The fourth-order valence-corrected chi connectivity index (χ4v) is 3.48. The smallest absolute Gasteiger partial charge is 0.416 e. The van der Waals surface area contributed by atoms with Crippen molar-refractivity contribution in [2.45, 2.75) is 17.1 Å². The summed E-state index contributed by atoms with van der Waals surface area (Å²) in [4.78, 5) is 0. The van der Waals surface area contributed by atoms with E-state index < -0.39 is 11.7 Å². The molecule has 0 bridgehead atoms. The van der Waals surface area contributed by atoms with Gasteiger partial charge in [-0.3, -0.25) is 0 Å². The zero-order chi connectivity index (χ0) is 18.7. The van der Waals surface area contributed by atoms with Crippen molar-refractivity contribution in [2.75, 3.05) is 7.11 Å². The van der Waals surface area contributed by atoms with E-state index in [0.29, 0.717) is 16.7 Å². The van der Waals surface area contributed by atoms with Gasteiger partial charge < -0.3 is 9.30 Å². The Labute approximate surface area is 153 Å². The third-order valence-electron chi connectivity index (χ3n) is 3.86. The lowest BCUT2D eigenvalue weighted by Crippen LogP contribution is -2.08. The minimum absolute atomic E-state index is 0.146. The van der Waals surface area contributed by atoms with Crippen molar-refractivity contribution >= 4 is 11.8 Å². The van der Waals surface area contributed by atoms with Gasteiger partial charge in [0.05, 0.1) is 18.2 Å². The minimum atomic E-state index is -4.38. The zero-order valence-electron chi connectivity index (χ0n) is 14.1. The van der Waals surface area contributed by atoms with Crippen molar-refractivity contribution in [3.63, 3.8) is 0 Å². The molecule has 26 heavy (non-hydrogen) atoms. The fraction of sp³-hybridized carbons (Fsp3) is 0.222. The van der Waals surface area contributed by atoms with Crippen molar-refractivity contribution in [3.8, 4) is 17.1 Å². The summed E-state index contributed by atoms with van der Waals surface area (Å²) in [5, 5.41) is 8.81. The summed E-state index contributed by atoms with van der Waals surface area (Å²) < 4.78 is 46.4. The zero-order valence-corrected chi connectivity index (χ0v) is 14.9. The normalized spacial score (nSPS) is 11.6. The lowest BCUT2D eigenvalue weighted by Gasteiger charge is -2.12. The number of methoxy groups -OCH3 is 1. The molecular weight excluding hydrogens is 363 g/mol. The largest absolute Gasteiger partial charge is 0.496 e. The number of rotatable bonds is 5. The first-order valence-electron chi connectivity index (χ1n) is 7.72. The predicted octanol–water partition coefficient (Wildman–Crippen LogP) is 4.80. The van der Waals surface area contributed by atoms with Crippen LogP contribution in [0.4, 0.5) is 13.2 Å². The van der Waals surface area contributed by atoms with E-state index in [0.717, 1.165) is 11.6 Å². The van der Waals surface area contributed by atoms with Crippen LogP contribution in [0, 0.1) is 0 Å². The molecule has 0 aliphatic rings. The average Bonchev–Trinajstić information content (AvgIpc) is 3.00. The van der Waals surface area contributed by atoms with Gasteiger partial charge in [-0.1, -0.05) is 42.1 Å².